The monoisotopic (exact) mass is 315 g/mol. The van der Waals surface area contributed by atoms with Gasteiger partial charge in [0.2, 0.25) is 0 Å². The van der Waals surface area contributed by atoms with Gasteiger partial charge in [-0.2, -0.15) is 0 Å². The number of benzene rings is 1. The van der Waals surface area contributed by atoms with Crippen LogP contribution in [0.5, 0.6) is 0 Å². The summed E-state index contributed by atoms with van der Waals surface area (Å²) in [6, 6.07) is 1.46. The summed E-state index contributed by atoms with van der Waals surface area (Å²) in [7, 11) is 0. The van der Waals surface area contributed by atoms with Crippen LogP contribution in [-0.4, -0.2) is 6.54 Å². The molecule has 0 spiro atoms. The van der Waals surface area contributed by atoms with Crippen LogP contribution in [0.25, 0.3) is 0 Å². The summed E-state index contributed by atoms with van der Waals surface area (Å²) in [5, 5.41) is 2.82. The van der Waals surface area contributed by atoms with Gasteiger partial charge in [0.25, 0.3) is 0 Å². The molecule has 0 atom stereocenters. The molecule has 0 bridgehead atoms. The zero-order chi connectivity index (χ0) is 16.2. The number of hydrogen-bond donors (Lipinski definition) is 1. The average molecular weight is 315 g/mol. The Hall–Kier alpha value is -1.19. The number of anilines is 1. The van der Waals surface area contributed by atoms with Crippen LogP contribution in [0.4, 0.5) is 18.9 Å². The zero-order valence-corrected chi connectivity index (χ0v) is 13.6. The van der Waals surface area contributed by atoms with E-state index in [0.717, 1.165) is 18.9 Å². The first-order valence-electron chi connectivity index (χ1n) is 8.53. The fourth-order valence-electron chi connectivity index (χ4n) is 2.49. The normalized spacial score (nSPS) is 10.9. The van der Waals surface area contributed by atoms with Crippen LogP contribution in [0.3, 0.4) is 0 Å². The van der Waals surface area contributed by atoms with E-state index in [1.54, 1.807) is 0 Å². The topological polar surface area (TPSA) is 12.0 Å². The second-order valence-electron chi connectivity index (χ2n) is 5.85. The van der Waals surface area contributed by atoms with Crippen LogP contribution in [0, 0.1) is 17.5 Å². The van der Waals surface area contributed by atoms with Gasteiger partial charge in [0.1, 0.15) is 5.82 Å². The van der Waals surface area contributed by atoms with Crippen molar-refractivity contribution in [2.45, 2.75) is 71.1 Å². The molecular weight excluding hydrogens is 287 g/mol. The Bertz CT molecular complexity index is 421. The van der Waals surface area contributed by atoms with Gasteiger partial charge in [0.15, 0.2) is 11.6 Å². The van der Waals surface area contributed by atoms with Crippen molar-refractivity contribution in [2.24, 2.45) is 0 Å². The van der Waals surface area contributed by atoms with Gasteiger partial charge >= 0.3 is 0 Å². The quantitative estimate of drug-likeness (QED) is 0.346. The Morgan fingerprint density at radius 1 is 0.682 bits per heavy atom. The average Bonchev–Trinajstić information content (AvgIpc) is 2.49. The van der Waals surface area contributed by atoms with Crippen molar-refractivity contribution in [1.82, 2.24) is 0 Å². The Balaban J connectivity index is 2.01. The predicted octanol–water partition coefficient (Wildman–Crippen LogP) is 6.44. The maximum absolute atomic E-state index is 13.4. The van der Waals surface area contributed by atoms with Crippen molar-refractivity contribution in [3.8, 4) is 0 Å². The smallest absolute Gasteiger partial charge is 0.161 e. The van der Waals surface area contributed by atoms with Crippen molar-refractivity contribution >= 4 is 5.69 Å². The number of halogens is 3. The first kappa shape index (κ1) is 18.9. The molecule has 0 fully saturated rings. The van der Waals surface area contributed by atoms with Crippen molar-refractivity contribution in [1.29, 1.82) is 0 Å². The molecule has 0 aliphatic carbocycles. The van der Waals surface area contributed by atoms with Crippen molar-refractivity contribution in [3.05, 3.63) is 29.6 Å². The van der Waals surface area contributed by atoms with E-state index in [9.17, 15) is 13.2 Å². The summed E-state index contributed by atoms with van der Waals surface area (Å²) >= 11 is 0. The molecule has 22 heavy (non-hydrogen) atoms. The van der Waals surface area contributed by atoms with E-state index < -0.39 is 17.5 Å². The third kappa shape index (κ3) is 7.71. The zero-order valence-electron chi connectivity index (χ0n) is 13.6. The maximum Gasteiger partial charge on any atom is 0.161 e. The van der Waals surface area contributed by atoms with E-state index in [4.69, 9.17) is 0 Å². The lowest BCUT2D eigenvalue weighted by atomic mass is 10.1. The first-order valence-corrected chi connectivity index (χ1v) is 8.53. The molecule has 126 valence electrons. The lowest BCUT2D eigenvalue weighted by Crippen LogP contribution is -2.04. The standard InChI is InChI=1S/C18H28F3N/c1-2-3-4-5-6-7-8-9-10-11-12-22-18-14-16(20)15(19)13-17(18)21/h13-14,22H,2-12H2,1H3. The second-order valence-corrected chi connectivity index (χ2v) is 5.85. The van der Waals surface area contributed by atoms with Crippen LogP contribution in [-0.2, 0) is 0 Å². The van der Waals surface area contributed by atoms with E-state index in [1.807, 2.05) is 0 Å². The summed E-state index contributed by atoms with van der Waals surface area (Å²) in [5.74, 6) is -2.92. The fraction of sp³-hybridized carbons (Fsp3) is 0.667. The van der Waals surface area contributed by atoms with Crippen molar-refractivity contribution in [3.63, 3.8) is 0 Å². The van der Waals surface area contributed by atoms with Gasteiger partial charge in [-0.25, -0.2) is 13.2 Å². The van der Waals surface area contributed by atoms with Gasteiger partial charge in [0.05, 0.1) is 5.69 Å². The van der Waals surface area contributed by atoms with Crippen LogP contribution >= 0.6 is 0 Å². The van der Waals surface area contributed by atoms with Crippen LogP contribution in [0.1, 0.15) is 71.1 Å². The van der Waals surface area contributed by atoms with Gasteiger partial charge in [-0.1, -0.05) is 64.7 Å². The molecule has 1 rings (SSSR count). The number of hydrogen-bond acceptors (Lipinski definition) is 1. The Morgan fingerprint density at radius 2 is 1.18 bits per heavy atom. The third-order valence-corrected chi connectivity index (χ3v) is 3.86. The minimum atomic E-state index is -1.15. The van der Waals surface area contributed by atoms with Gasteiger partial charge in [0, 0.05) is 18.7 Å². The van der Waals surface area contributed by atoms with Gasteiger partial charge in [-0.15, -0.1) is 0 Å². The lowest BCUT2D eigenvalue weighted by molar-refractivity contribution is 0.496. The van der Waals surface area contributed by atoms with Gasteiger partial charge < -0.3 is 5.32 Å². The van der Waals surface area contributed by atoms with E-state index >= 15 is 0 Å². The van der Waals surface area contributed by atoms with Crippen molar-refractivity contribution < 1.29 is 13.2 Å². The molecule has 1 aromatic rings. The molecule has 1 aromatic carbocycles. The largest absolute Gasteiger partial charge is 0.383 e. The molecule has 0 heterocycles. The molecule has 0 aromatic heterocycles. The molecular formula is C18H28F3N. The van der Waals surface area contributed by atoms with Gasteiger partial charge in [-0.05, 0) is 6.42 Å². The van der Waals surface area contributed by atoms with E-state index in [2.05, 4.69) is 12.2 Å². The van der Waals surface area contributed by atoms with Crippen LogP contribution in [0.2, 0.25) is 0 Å². The third-order valence-electron chi connectivity index (χ3n) is 3.86. The Kier molecular flexibility index (Phi) is 9.76. The minimum Gasteiger partial charge on any atom is -0.383 e. The maximum atomic E-state index is 13.4. The van der Waals surface area contributed by atoms with Crippen molar-refractivity contribution in [2.75, 3.05) is 11.9 Å². The SMILES string of the molecule is CCCCCCCCCCCCNc1cc(F)c(F)cc1F. The fourth-order valence-corrected chi connectivity index (χ4v) is 2.49. The highest BCUT2D eigenvalue weighted by atomic mass is 19.2. The summed E-state index contributed by atoms with van der Waals surface area (Å²) in [6.45, 7) is 2.80. The summed E-state index contributed by atoms with van der Waals surface area (Å²) in [4.78, 5) is 0. The molecule has 4 heteroatoms. The molecule has 0 aliphatic rings. The predicted molar refractivity (Wildman–Crippen MR) is 86.6 cm³/mol. The molecule has 0 aliphatic heterocycles. The second kappa shape index (κ2) is 11.4. The van der Waals surface area contributed by atoms with E-state index in [1.165, 1.54) is 51.4 Å². The molecule has 1 N–H and O–H groups in total. The summed E-state index contributed by atoms with van der Waals surface area (Å²) < 4.78 is 39.1. The Morgan fingerprint density at radius 3 is 1.77 bits per heavy atom. The summed E-state index contributed by atoms with van der Waals surface area (Å²) in [6.07, 6.45) is 12.3. The molecule has 0 amide bonds. The highest BCUT2D eigenvalue weighted by Gasteiger charge is 2.08. The lowest BCUT2D eigenvalue weighted by Gasteiger charge is -2.08. The highest BCUT2D eigenvalue weighted by molar-refractivity contribution is 5.45. The number of rotatable bonds is 12. The molecule has 0 saturated carbocycles. The van der Waals surface area contributed by atoms with Crippen LogP contribution in [0.15, 0.2) is 12.1 Å². The summed E-state index contributed by atoms with van der Waals surface area (Å²) in [5.41, 5.74) is 0.0369. The number of unbranched alkanes of at least 4 members (excludes halogenated alkanes) is 9. The first-order chi connectivity index (χ1) is 10.6. The minimum absolute atomic E-state index is 0.0369. The van der Waals surface area contributed by atoms with Gasteiger partial charge in [-0.3, -0.25) is 0 Å². The van der Waals surface area contributed by atoms with E-state index in [0.29, 0.717) is 12.6 Å². The highest BCUT2D eigenvalue weighted by Crippen LogP contribution is 2.18. The molecule has 0 unspecified atom stereocenters. The Labute approximate surface area is 132 Å². The molecule has 1 nitrogen and oxygen atoms in total. The molecule has 0 saturated heterocycles. The number of nitrogens with one attached hydrogen (secondary N) is 1. The molecule has 0 radical (unpaired) electrons. The van der Waals surface area contributed by atoms with Crippen LogP contribution < -0.4 is 5.32 Å². The van der Waals surface area contributed by atoms with E-state index in [-0.39, 0.29) is 5.69 Å².